The molecule has 4 unspecified atom stereocenters. The van der Waals surface area contributed by atoms with Gasteiger partial charge in [0.15, 0.2) is 0 Å². The van der Waals surface area contributed by atoms with E-state index in [1.54, 1.807) is 12.1 Å². The van der Waals surface area contributed by atoms with Crippen LogP contribution in [0.2, 0.25) is 0 Å². The van der Waals surface area contributed by atoms with Crippen molar-refractivity contribution in [2.45, 2.75) is 158 Å². The Kier molecular flexibility index (Phi) is 19.9. The van der Waals surface area contributed by atoms with Crippen molar-refractivity contribution in [3.63, 3.8) is 0 Å². The number of aromatic nitrogens is 6. The lowest BCUT2D eigenvalue weighted by atomic mass is 9.96. The minimum absolute atomic E-state index is 0.0115. The lowest BCUT2D eigenvalue weighted by Gasteiger charge is -2.33. The average molecular weight is 785 g/mol. The van der Waals surface area contributed by atoms with Crippen molar-refractivity contribution in [3.8, 4) is 23.2 Å². The van der Waals surface area contributed by atoms with Crippen molar-refractivity contribution in [3.05, 3.63) is 42.5 Å². The van der Waals surface area contributed by atoms with Gasteiger partial charge in [-0.25, -0.2) is 0 Å². The Labute approximate surface area is 345 Å². The minimum atomic E-state index is 0.0115. The molecule has 0 aliphatic carbocycles. The quantitative estimate of drug-likeness (QED) is 0.0576. The van der Waals surface area contributed by atoms with Crippen LogP contribution in [0.25, 0.3) is 16.7 Å². The number of phenols is 1. The van der Waals surface area contributed by atoms with Gasteiger partial charge in [-0.3, -0.25) is 0 Å². The van der Waals surface area contributed by atoms with Crippen LogP contribution < -0.4 is 14.5 Å². The molecule has 4 rings (SSSR count). The van der Waals surface area contributed by atoms with Crippen LogP contribution >= 0.6 is 0 Å². The SMILES string of the molecule is CCCCC(CC)CN(CC(CC)CCCC)c1nc(Oc2ccc(-n3nc4ccccc4n3)c(O)c2)nc(N(CC(CC)CCCC)CC(CC)CCCC)n1. The second kappa shape index (κ2) is 24.7. The summed E-state index contributed by atoms with van der Waals surface area (Å²) in [5, 5.41) is 20.4. The van der Waals surface area contributed by atoms with E-state index >= 15 is 0 Å². The molecule has 10 nitrogen and oxygen atoms in total. The fourth-order valence-electron chi connectivity index (χ4n) is 7.86. The summed E-state index contributed by atoms with van der Waals surface area (Å²) in [4.78, 5) is 22.1. The van der Waals surface area contributed by atoms with Gasteiger partial charge in [0.25, 0.3) is 0 Å². The summed E-state index contributed by atoms with van der Waals surface area (Å²) in [5.74, 6) is 4.03. The summed E-state index contributed by atoms with van der Waals surface area (Å²) < 4.78 is 6.55. The molecule has 57 heavy (non-hydrogen) atoms. The molecule has 316 valence electrons. The van der Waals surface area contributed by atoms with Crippen molar-refractivity contribution < 1.29 is 9.84 Å². The number of anilines is 2. The normalized spacial score (nSPS) is 13.8. The predicted molar refractivity (Wildman–Crippen MR) is 238 cm³/mol. The number of ether oxygens (including phenoxy) is 1. The highest BCUT2D eigenvalue weighted by Crippen LogP contribution is 2.32. The van der Waals surface area contributed by atoms with Crippen LogP contribution in [0.3, 0.4) is 0 Å². The second-order valence-electron chi connectivity index (χ2n) is 16.4. The van der Waals surface area contributed by atoms with Crippen LogP contribution in [0.15, 0.2) is 42.5 Å². The zero-order valence-corrected chi connectivity index (χ0v) is 36.9. The van der Waals surface area contributed by atoms with Gasteiger partial charge in [0.05, 0.1) is 0 Å². The summed E-state index contributed by atoms with van der Waals surface area (Å²) in [7, 11) is 0. The number of phenolic OH excluding ortho intramolecular Hbond substituents is 1. The van der Waals surface area contributed by atoms with Crippen molar-refractivity contribution in [1.29, 1.82) is 0 Å². The molecule has 0 aliphatic heterocycles. The van der Waals surface area contributed by atoms with E-state index in [0.29, 0.717) is 47.0 Å². The fraction of sp³-hybridized carbons (Fsp3) is 0.681. The van der Waals surface area contributed by atoms with E-state index in [4.69, 9.17) is 19.7 Å². The summed E-state index contributed by atoms with van der Waals surface area (Å²) in [6, 6.07) is 13.2. The van der Waals surface area contributed by atoms with Gasteiger partial charge in [-0.05, 0) is 73.6 Å². The number of rotatable bonds is 29. The summed E-state index contributed by atoms with van der Waals surface area (Å²) in [5.41, 5.74) is 1.99. The lowest BCUT2D eigenvalue weighted by Crippen LogP contribution is -2.38. The summed E-state index contributed by atoms with van der Waals surface area (Å²) in [6.45, 7) is 22.0. The Morgan fingerprint density at radius 2 is 0.965 bits per heavy atom. The van der Waals surface area contributed by atoms with Crippen LogP contribution in [0.4, 0.5) is 11.9 Å². The molecule has 4 atom stereocenters. The van der Waals surface area contributed by atoms with Gasteiger partial charge in [0.2, 0.25) is 11.9 Å². The number of hydrogen-bond donors (Lipinski definition) is 1. The van der Waals surface area contributed by atoms with Crippen molar-refractivity contribution in [2.75, 3.05) is 36.0 Å². The first kappa shape index (κ1) is 45.7. The van der Waals surface area contributed by atoms with Crippen LogP contribution in [0, 0.1) is 23.7 Å². The first-order valence-electron chi connectivity index (χ1n) is 22.9. The summed E-state index contributed by atoms with van der Waals surface area (Å²) >= 11 is 0. The molecular weight excluding hydrogens is 709 g/mol. The third-order valence-electron chi connectivity index (χ3n) is 11.9. The van der Waals surface area contributed by atoms with Crippen LogP contribution in [0.5, 0.6) is 17.5 Å². The van der Waals surface area contributed by atoms with Crippen LogP contribution in [0.1, 0.15) is 158 Å². The van der Waals surface area contributed by atoms with E-state index in [1.807, 2.05) is 30.3 Å². The monoisotopic (exact) mass is 785 g/mol. The molecule has 2 aromatic carbocycles. The molecular formula is C47H76N8O2. The Morgan fingerprint density at radius 1 is 0.561 bits per heavy atom. The van der Waals surface area contributed by atoms with E-state index in [9.17, 15) is 5.11 Å². The van der Waals surface area contributed by atoms with Gasteiger partial charge in [-0.1, -0.05) is 145 Å². The smallest absolute Gasteiger partial charge is 0.328 e. The molecule has 0 amide bonds. The molecule has 0 aliphatic rings. The number of unbranched alkanes of at least 4 members (excludes halogenated alkanes) is 4. The molecule has 0 spiro atoms. The molecule has 0 saturated heterocycles. The first-order valence-corrected chi connectivity index (χ1v) is 22.9. The standard InChI is InChI=1S/C47H76N8O2/c1-9-17-23-36(13-5)32-53(33-37(14-6)24-18-10-2)45-48-46(54(34-38(15-7)25-19-11-3)35-39(16-8)26-20-12-4)50-47(49-45)57-40-29-30-43(44(56)31-40)55-51-41-27-21-22-28-42(41)52-55/h21-22,27-31,36-39,56H,9-20,23-26,32-35H2,1-8H3. The molecule has 0 bridgehead atoms. The zero-order chi connectivity index (χ0) is 41.0. The highest BCUT2D eigenvalue weighted by atomic mass is 16.5. The van der Waals surface area contributed by atoms with E-state index in [0.717, 1.165) is 62.9 Å². The molecule has 0 radical (unpaired) electrons. The van der Waals surface area contributed by atoms with Gasteiger partial charge < -0.3 is 19.6 Å². The molecule has 10 heteroatoms. The highest BCUT2D eigenvalue weighted by molar-refractivity contribution is 5.73. The summed E-state index contributed by atoms with van der Waals surface area (Å²) in [6.07, 6.45) is 18.9. The Bertz CT molecular complexity index is 1580. The van der Waals surface area contributed by atoms with E-state index in [-0.39, 0.29) is 11.8 Å². The van der Waals surface area contributed by atoms with Crippen molar-refractivity contribution >= 4 is 22.9 Å². The van der Waals surface area contributed by atoms with E-state index in [1.165, 1.54) is 81.8 Å². The van der Waals surface area contributed by atoms with Crippen molar-refractivity contribution in [1.82, 2.24) is 29.9 Å². The molecule has 2 heterocycles. The first-order chi connectivity index (χ1) is 27.8. The maximum Gasteiger partial charge on any atom is 0.328 e. The number of benzene rings is 2. The third-order valence-corrected chi connectivity index (χ3v) is 11.9. The van der Waals surface area contributed by atoms with Gasteiger partial charge >= 0.3 is 6.01 Å². The Hall–Kier alpha value is -3.95. The second-order valence-corrected chi connectivity index (χ2v) is 16.4. The Morgan fingerprint density at radius 3 is 1.32 bits per heavy atom. The Balaban J connectivity index is 1.82. The van der Waals surface area contributed by atoms with Gasteiger partial charge in [0.1, 0.15) is 28.2 Å². The van der Waals surface area contributed by atoms with E-state index in [2.05, 4.69) is 75.4 Å². The maximum atomic E-state index is 11.3. The minimum Gasteiger partial charge on any atom is -0.505 e. The zero-order valence-electron chi connectivity index (χ0n) is 36.9. The lowest BCUT2D eigenvalue weighted by molar-refractivity contribution is 0.389. The number of hydrogen-bond acceptors (Lipinski definition) is 9. The van der Waals surface area contributed by atoms with Gasteiger partial charge in [0, 0.05) is 32.2 Å². The van der Waals surface area contributed by atoms with Gasteiger partial charge in [-0.15, -0.1) is 15.0 Å². The predicted octanol–water partition coefficient (Wildman–Crippen LogP) is 12.6. The van der Waals surface area contributed by atoms with Crippen molar-refractivity contribution in [2.24, 2.45) is 23.7 Å². The third kappa shape index (κ3) is 14.1. The number of nitrogens with zero attached hydrogens (tertiary/aromatic N) is 8. The van der Waals surface area contributed by atoms with Crippen LogP contribution in [-0.2, 0) is 0 Å². The van der Waals surface area contributed by atoms with E-state index < -0.39 is 0 Å². The number of aromatic hydroxyl groups is 1. The molecule has 2 aromatic heterocycles. The van der Waals surface area contributed by atoms with Gasteiger partial charge in [-0.2, -0.15) is 15.0 Å². The topological polar surface area (TPSA) is 105 Å². The average Bonchev–Trinajstić information content (AvgIpc) is 3.66. The maximum absolute atomic E-state index is 11.3. The molecule has 4 aromatic rings. The van der Waals surface area contributed by atoms with Crippen LogP contribution in [-0.4, -0.2) is 61.2 Å². The largest absolute Gasteiger partial charge is 0.505 e. The fourth-order valence-corrected chi connectivity index (χ4v) is 7.86. The highest BCUT2D eigenvalue weighted by Gasteiger charge is 2.26. The molecule has 0 saturated carbocycles. The molecule has 1 N–H and O–H groups in total. The molecule has 0 fully saturated rings. The number of fused-ring (bicyclic) bond motifs is 1.